The van der Waals surface area contributed by atoms with E-state index in [1.807, 2.05) is 20.8 Å². The van der Waals surface area contributed by atoms with E-state index in [4.69, 9.17) is 16.0 Å². The third-order valence-corrected chi connectivity index (χ3v) is 3.48. The Morgan fingerprint density at radius 1 is 1.12 bits per heavy atom. The van der Waals surface area contributed by atoms with Crippen molar-refractivity contribution >= 4 is 28.3 Å². The van der Waals surface area contributed by atoms with Crippen LogP contribution in [0.25, 0.3) is 10.8 Å². The molecule has 0 atom stereocenters. The molecule has 0 unspecified atom stereocenters. The average Bonchev–Trinajstić information content (AvgIpc) is 2.60. The van der Waals surface area contributed by atoms with Gasteiger partial charge >= 0.3 is 0 Å². The SMILES string of the molecule is Cc1c(C)c(Cl)c2c(N=O)oc(O)c2c1C. The van der Waals surface area contributed by atoms with E-state index in [-0.39, 0.29) is 11.8 Å². The number of benzene rings is 1. The molecule has 1 N–H and O–H groups in total. The lowest BCUT2D eigenvalue weighted by atomic mass is 9.99. The van der Waals surface area contributed by atoms with E-state index in [1.54, 1.807) is 0 Å². The summed E-state index contributed by atoms with van der Waals surface area (Å²) in [5, 5.41) is 13.6. The van der Waals surface area contributed by atoms with Gasteiger partial charge in [-0.15, -0.1) is 4.91 Å². The first-order valence-electron chi connectivity index (χ1n) is 4.73. The van der Waals surface area contributed by atoms with Gasteiger partial charge in [-0.3, -0.25) is 0 Å². The van der Waals surface area contributed by atoms with Gasteiger partial charge in [0.2, 0.25) is 0 Å². The summed E-state index contributed by atoms with van der Waals surface area (Å²) in [4.78, 5) is 10.6. The van der Waals surface area contributed by atoms with Crippen LogP contribution in [0.3, 0.4) is 0 Å². The lowest BCUT2D eigenvalue weighted by Crippen LogP contribution is -1.89. The van der Waals surface area contributed by atoms with Crippen LogP contribution in [0.5, 0.6) is 5.95 Å². The van der Waals surface area contributed by atoms with Crippen LogP contribution < -0.4 is 0 Å². The number of nitrogens with zero attached hydrogens (tertiary/aromatic N) is 1. The molecule has 0 fully saturated rings. The van der Waals surface area contributed by atoms with Crippen molar-refractivity contribution < 1.29 is 9.52 Å². The minimum absolute atomic E-state index is 0.177. The summed E-state index contributed by atoms with van der Waals surface area (Å²) in [5.41, 5.74) is 2.66. The van der Waals surface area contributed by atoms with Gasteiger partial charge in [-0.25, -0.2) is 0 Å². The lowest BCUT2D eigenvalue weighted by molar-refractivity contribution is 0.342. The summed E-state index contributed by atoms with van der Waals surface area (Å²) in [5.74, 6) is -0.490. The molecule has 0 aliphatic rings. The molecule has 0 aliphatic carbocycles. The Kier molecular flexibility index (Phi) is 2.39. The van der Waals surface area contributed by atoms with E-state index in [0.29, 0.717) is 15.8 Å². The molecule has 0 radical (unpaired) electrons. The van der Waals surface area contributed by atoms with Gasteiger partial charge in [-0.1, -0.05) is 11.6 Å². The van der Waals surface area contributed by atoms with Gasteiger partial charge in [-0.2, -0.15) is 0 Å². The predicted molar refractivity (Wildman–Crippen MR) is 62.6 cm³/mol. The van der Waals surface area contributed by atoms with Crippen molar-refractivity contribution in [2.45, 2.75) is 20.8 Å². The molecule has 0 bridgehead atoms. The first-order valence-corrected chi connectivity index (χ1v) is 5.10. The normalized spacial score (nSPS) is 11.0. The van der Waals surface area contributed by atoms with Gasteiger partial charge in [0.1, 0.15) is 0 Å². The van der Waals surface area contributed by atoms with Crippen LogP contribution in [0, 0.1) is 25.7 Å². The number of hydrogen-bond donors (Lipinski definition) is 1. The highest BCUT2D eigenvalue weighted by Crippen LogP contribution is 2.45. The van der Waals surface area contributed by atoms with Crippen LogP contribution in [0.4, 0.5) is 5.88 Å². The second-order valence-corrected chi connectivity index (χ2v) is 4.12. The van der Waals surface area contributed by atoms with Crippen molar-refractivity contribution in [2.75, 3.05) is 0 Å². The number of aromatic hydroxyl groups is 1. The quantitative estimate of drug-likeness (QED) is 0.762. The fraction of sp³-hybridized carbons (Fsp3) is 0.273. The smallest absolute Gasteiger partial charge is 0.292 e. The standard InChI is InChI=1S/C11H10ClNO3/c1-4-5(2)7-8(9(12)6(4)3)10(13-15)16-11(7)14/h14H,1-3H3. The topological polar surface area (TPSA) is 62.8 Å². The highest BCUT2D eigenvalue weighted by Gasteiger charge is 2.21. The largest absolute Gasteiger partial charge is 0.480 e. The third kappa shape index (κ3) is 1.23. The average molecular weight is 240 g/mol. The lowest BCUT2D eigenvalue weighted by Gasteiger charge is -2.08. The monoisotopic (exact) mass is 239 g/mol. The summed E-state index contributed by atoms with van der Waals surface area (Å²) >= 11 is 6.13. The summed E-state index contributed by atoms with van der Waals surface area (Å²) in [6, 6.07) is 0. The van der Waals surface area contributed by atoms with Crippen LogP contribution in [0.2, 0.25) is 5.02 Å². The molecule has 0 amide bonds. The van der Waals surface area contributed by atoms with Gasteiger partial charge in [0.25, 0.3) is 11.8 Å². The van der Waals surface area contributed by atoms with Crippen molar-refractivity contribution in [3.63, 3.8) is 0 Å². The summed E-state index contributed by atoms with van der Waals surface area (Å²) in [7, 11) is 0. The maximum atomic E-state index is 10.6. The number of fused-ring (bicyclic) bond motifs is 1. The first kappa shape index (κ1) is 11.0. The number of rotatable bonds is 1. The van der Waals surface area contributed by atoms with E-state index < -0.39 is 0 Å². The molecule has 2 rings (SSSR count). The molecule has 1 aromatic carbocycles. The molecule has 1 heterocycles. The Morgan fingerprint density at radius 2 is 1.75 bits per heavy atom. The zero-order chi connectivity index (χ0) is 12.0. The van der Waals surface area contributed by atoms with Crippen LogP contribution in [-0.2, 0) is 0 Å². The number of furan rings is 1. The van der Waals surface area contributed by atoms with E-state index >= 15 is 0 Å². The van der Waals surface area contributed by atoms with E-state index in [9.17, 15) is 10.0 Å². The Hall–Kier alpha value is -1.55. The number of hydrogen-bond acceptors (Lipinski definition) is 4. The molecule has 0 aliphatic heterocycles. The molecule has 16 heavy (non-hydrogen) atoms. The Morgan fingerprint density at radius 3 is 2.31 bits per heavy atom. The molecular formula is C11H10ClNO3. The van der Waals surface area contributed by atoms with Crippen molar-refractivity contribution in [3.05, 3.63) is 26.6 Å². The number of aryl methyl sites for hydroxylation is 1. The minimum Gasteiger partial charge on any atom is -0.480 e. The highest BCUT2D eigenvalue weighted by molar-refractivity contribution is 6.37. The minimum atomic E-state index is -0.313. The Bertz CT molecular complexity index is 601. The zero-order valence-electron chi connectivity index (χ0n) is 9.09. The summed E-state index contributed by atoms with van der Waals surface area (Å²) < 4.78 is 4.88. The zero-order valence-corrected chi connectivity index (χ0v) is 9.84. The van der Waals surface area contributed by atoms with Crippen LogP contribution in [0.1, 0.15) is 16.7 Å². The highest BCUT2D eigenvalue weighted by atomic mass is 35.5. The second kappa shape index (κ2) is 3.49. The maximum absolute atomic E-state index is 10.6. The van der Waals surface area contributed by atoms with Gasteiger partial charge < -0.3 is 9.52 Å². The molecule has 84 valence electrons. The van der Waals surface area contributed by atoms with Crippen LogP contribution >= 0.6 is 11.6 Å². The van der Waals surface area contributed by atoms with Crippen molar-refractivity contribution in [2.24, 2.45) is 5.18 Å². The molecule has 2 aromatic rings. The van der Waals surface area contributed by atoms with Crippen molar-refractivity contribution in [1.29, 1.82) is 0 Å². The van der Waals surface area contributed by atoms with Crippen LogP contribution in [0.15, 0.2) is 9.59 Å². The maximum Gasteiger partial charge on any atom is 0.292 e. The fourth-order valence-electron chi connectivity index (χ4n) is 1.84. The van der Waals surface area contributed by atoms with Gasteiger partial charge in [-0.05, 0) is 37.5 Å². The van der Waals surface area contributed by atoms with E-state index in [1.165, 1.54) is 0 Å². The Labute approximate surface area is 96.8 Å². The van der Waals surface area contributed by atoms with E-state index in [0.717, 1.165) is 16.7 Å². The number of nitroso groups, excluding NO2 is 1. The molecular weight excluding hydrogens is 230 g/mol. The second-order valence-electron chi connectivity index (χ2n) is 3.74. The summed E-state index contributed by atoms with van der Waals surface area (Å²) in [6.45, 7) is 5.59. The molecule has 4 nitrogen and oxygen atoms in total. The van der Waals surface area contributed by atoms with Crippen molar-refractivity contribution in [3.8, 4) is 5.95 Å². The van der Waals surface area contributed by atoms with Crippen molar-refractivity contribution in [1.82, 2.24) is 0 Å². The first-order chi connectivity index (χ1) is 7.49. The van der Waals surface area contributed by atoms with Crippen LogP contribution in [-0.4, -0.2) is 5.11 Å². The molecule has 0 saturated heterocycles. The third-order valence-electron chi connectivity index (χ3n) is 3.00. The van der Waals surface area contributed by atoms with E-state index in [2.05, 4.69) is 5.18 Å². The van der Waals surface area contributed by atoms with Gasteiger partial charge in [0, 0.05) is 5.18 Å². The van der Waals surface area contributed by atoms with Gasteiger partial charge in [0.15, 0.2) is 0 Å². The fourth-order valence-corrected chi connectivity index (χ4v) is 2.16. The predicted octanol–water partition coefficient (Wildman–Crippen LogP) is 4.11. The molecule has 0 saturated carbocycles. The molecule has 0 spiro atoms. The molecule has 1 aromatic heterocycles. The van der Waals surface area contributed by atoms with Gasteiger partial charge in [0.05, 0.1) is 15.8 Å². The number of halogens is 1. The Balaban J connectivity index is 3.10. The summed E-state index contributed by atoms with van der Waals surface area (Å²) in [6.07, 6.45) is 0. The molecule has 5 heteroatoms.